The Morgan fingerprint density at radius 3 is 2.44 bits per heavy atom. The lowest BCUT2D eigenvalue weighted by molar-refractivity contribution is -0.117. The van der Waals surface area contributed by atoms with Crippen LogP contribution in [0.2, 0.25) is 0 Å². The molecule has 3 aromatic rings. The minimum atomic E-state index is -0.0608. The molecular weight excluding hydrogens is 380 g/mol. The molecule has 25 heavy (non-hydrogen) atoms. The van der Waals surface area contributed by atoms with Gasteiger partial charge < -0.3 is 9.73 Å². The van der Waals surface area contributed by atoms with E-state index >= 15 is 0 Å². The van der Waals surface area contributed by atoms with Crippen LogP contribution in [0.3, 0.4) is 0 Å². The zero-order valence-electron chi connectivity index (χ0n) is 13.7. The number of amides is 1. The molecule has 5 heteroatoms. The van der Waals surface area contributed by atoms with E-state index in [-0.39, 0.29) is 12.5 Å². The summed E-state index contributed by atoms with van der Waals surface area (Å²) >= 11 is 3.45. The average molecular weight is 399 g/mol. The topological polar surface area (TPSA) is 45.5 Å². The predicted molar refractivity (Wildman–Crippen MR) is 102 cm³/mol. The van der Waals surface area contributed by atoms with Gasteiger partial charge in [-0.15, -0.1) is 0 Å². The quantitative estimate of drug-likeness (QED) is 0.628. The van der Waals surface area contributed by atoms with Gasteiger partial charge in [0.05, 0.1) is 25.0 Å². The fourth-order valence-corrected chi connectivity index (χ4v) is 2.97. The second-order valence-corrected chi connectivity index (χ2v) is 6.59. The summed E-state index contributed by atoms with van der Waals surface area (Å²) in [5, 5.41) is 2.95. The number of benzene rings is 2. The van der Waals surface area contributed by atoms with Gasteiger partial charge in [0.15, 0.2) is 0 Å². The van der Waals surface area contributed by atoms with Gasteiger partial charge in [-0.2, -0.15) is 0 Å². The third kappa shape index (κ3) is 5.31. The van der Waals surface area contributed by atoms with Gasteiger partial charge >= 0.3 is 0 Å². The van der Waals surface area contributed by atoms with Crippen molar-refractivity contribution >= 4 is 27.5 Å². The first-order valence-electron chi connectivity index (χ1n) is 8.04. The van der Waals surface area contributed by atoms with Crippen molar-refractivity contribution in [3.63, 3.8) is 0 Å². The zero-order valence-corrected chi connectivity index (χ0v) is 15.3. The third-order valence-corrected chi connectivity index (χ3v) is 4.42. The highest BCUT2D eigenvalue weighted by Gasteiger charge is 2.14. The lowest BCUT2D eigenvalue weighted by atomic mass is 10.2. The van der Waals surface area contributed by atoms with Gasteiger partial charge in [-0.1, -0.05) is 42.5 Å². The molecule has 4 nitrogen and oxygen atoms in total. The maximum Gasteiger partial charge on any atom is 0.238 e. The third-order valence-electron chi connectivity index (χ3n) is 3.72. The molecule has 0 atom stereocenters. The van der Waals surface area contributed by atoms with Crippen LogP contribution in [0.15, 0.2) is 81.9 Å². The summed E-state index contributed by atoms with van der Waals surface area (Å²) in [7, 11) is 0. The van der Waals surface area contributed by atoms with Gasteiger partial charge in [-0.05, 0) is 45.8 Å². The Morgan fingerprint density at radius 1 is 0.960 bits per heavy atom. The molecule has 0 aliphatic carbocycles. The summed E-state index contributed by atoms with van der Waals surface area (Å²) < 4.78 is 6.30. The monoisotopic (exact) mass is 398 g/mol. The number of hydrogen-bond donors (Lipinski definition) is 1. The molecular formula is C20H19BrN2O2. The van der Waals surface area contributed by atoms with Crippen LogP contribution in [0.1, 0.15) is 11.3 Å². The lowest BCUT2D eigenvalue weighted by Gasteiger charge is -2.21. The molecule has 1 amide bonds. The first-order chi connectivity index (χ1) is 12.2. The molecule has 1 aromatic heterocycles. The number of nitrogens with zero attached hydrogens (tertiary/aromatic N) is 1. The number of halogens is 1. The molecule has 0 radical (unpaired) electrons. The van der Waals surface area contributed by atoms with E-state index in [2.05, 4.69) is 38.3 Å². The number of hydrogen-bond acceptors (Lipinski definition) is 3. The highest BCUT2D eigenvalue weighted by molar-refractivity contribution is 9.10. The summed E-state index contributed by atoms with van der Waals surface area (Å²) in [6.07, 6.45) is 1.65. The SMILES string of the molecule is O=C(CN(Cc1ccccc1)Cc1ccco1)Nc1ccccc1Br. The van der Waals surface area contributed by atoms with Crippen molar-refractivity contribution in [2.45, 2.75) is 13.1 Å². The predicted octanol–water partition coefficient (Wildman–Crippen LogP) is 4.68. The molecule has 0 saturated heterocycles. The molecule has 0 spiro atoms. The standard InChI is InChI=1S/C20H19BrN2O2/c21-18-10-4-5-11-19(18)22-20(24)15-23(14-17-9-6-12-25-17)13-16-7-2-1-3-8-16/h1-12H,13-15H2,(H,22,24). The Balaban J connectivity index is 1.68. The summed E-state index contributed by atoms with van der Waals surface area (Å²) in [5.74, 6) is 0.777. The highest BCUT2D eigenvalue weighted by Crippen LogP contribution is 2.21. The Bertz CT molecular complexity index is 804. The second kappa shape index (κ2) is 8.65. The number of furan rings is 1. The molecule has 0 fully saturated rings. The fourth-order valence-electron chi connectivity index (χ4n) is 2.59. The van der Waals surface area contributed by atoms with Gasteiger partial charge in [0, 0.05) is 11.0 Å². The number of para-hydroxylation sites is 1. The maximum atomic E-state index is 12.5. The number of carbonyl (C=O) groups excluding carboxylic acids is 1. The van der Waals surface area contributed by atoms with Crippen LogP contribution in [0.4, 0.5) is 5.69 Å². The lowest BCUT2D eigenvalue weighted by Crippen LogP contribution is -2.32. The van der Waals surface area contributed by atoms with Crippen molar-refractivity contribution in [3.8, 4) is 0 Å². The van der Waals surface area contributed by atoms with Crippen molar-refractivity contribution < 1.29 is 9.21 Å². The maximum absolute atomic E-state index is 12.5. The molecule has 2 aromatic carbocycles. The Morgan fingerprint density at radius 2 is 1.72 bits per heavy atom. The summed E-state index contributed by atoms with van der Waals surface area (Å²) in [6.45, 7) is 1.52. The van der Waals surface area contributed by atoms with E-state index in [4.69, 9.17) is 4.42 Å². The molecule has 0 unspecified atom stereocenters. The van der Waals surface area contributed by atoms with Crippen LogP contribution in [0, 0.1) is 0 Å². The van der Waals surface area contributed by atoms with Crippen LogP contribution in [0.25, 0.3) is 0 Å². The van der Waals surface area contributed by atoms with E-state index in [1.54, 1.807) is 6.26 Å². The highest BCUT2D eigenvalue weighted by atomic mass is 79.9. The van der Waals surface area contributed by atoms with Crippen molar-refractivity contribution in [1.82, 2.24) is 4.90 Å². The van der Waals surface area contributed by atoms with Gasteiger partial charge in [0.2, 0.25) is 5.91 Å². The van der Waals surface area contributed by atoms with E-state index in [1.807, 2.05) is 54.6 Å². The number of anilines is 1. The van der Waals surface area contributed by atoms with Gasteiger partial charge in [0.1, 0.15) is 5.76 Å². The molecule has 0 bridgehead atoms. The molecule has 0 aliphatic heterocycles. The minimum Gasteiger partial charge on any atom is -0.468 e. The van der Waals surface area contributed by atoms with Crippen molar-refractivity contribution in [3.05, 3.63) is 88.8 Å². The van der Waals surface area contributed by atoms with Crippen LogP contribution in [-0.2, 0) is 17.9 Å². The van der Waals surface area contributed by atoms with E-state index < -0.39 is 0 Å². The average Bonchev–Trinajstić information content (AvgIpc) is 3.11. The number of carbonyl (C=O) groups is 1. The molecule has 1 heterocycles. The molecule has 1 N–H and O–H groups in total. The van der Waals surface area contributed by atoms with E-state index in [0.29, 0.717) is 13.1 Å². The largest absolute Gasteiger partial charge is 0.468 e. The summed E-state index contributed by atoms with van der Waals surface area (Å²) in [6, 6.07) is 21.5. The van der Waals surface area contributed by atoms with Crippen LogP contribution >= 0.6 is 15.9 Å². The van der Waals surface area contributed by atoms with E-state index in [0.717, 1.165) is 21.5 Å². The molecule has 3 rings (SSSR count). The van der Waals surface area contributed by atoms with Gasteiger partial charge in [-0.25, -0.2) is 0 Å². The van der Waals surface area contributed by atoms with Crippen LogP contribution < -0.4 is 5.32 Å². The summed E-state index contributed by atoms with van der Waals surface area (Å²) in [4.78, 5) is 14.5. The Kier molecular flexibility index (Phi) is 6.04. The van der Waals surface area contributed by atoms with Crippen molar-refractivity contribution in [2.75, 3.05) is 11.9 Å². The summed E-state index contributed by atoms with van der Waals surface area (Å²) in [5.41, 5.74) is 1.92. The van der Waals surface area contributed by atoms with Crippen molar-refractivity contribution in [2.24, 2.45) is 0 Å². The number of rotatable bonds is 7. The van der Waals surface area contributed by atoms with Crippen LogP contribution in [-0.4, -0.2) is 17.4 Å². The second-order valence-electron chi connectivity index (χ2n) is 5.74. The fraction of sp³-hybridized carbons (Fsp3) is 0.150. The van der Waals surface area contributed by atoms with E-state index in [9.17, 15) is 4.79 Å². The van der Waals surface area contributed by atoms with E-state index in [1.165, 1.54) is 0 Å². The first-order valence-corrected chi connectivity index (χ1v) is 8.83. The minimum absolute atomic E-state index is 0.0608. The van der Waals surface area contributed by atoms with Crippen molar-refractivity contribution in [1.29, 1.82) is 0 Å². The number of nitrogens with one attached hydrogen (secondary N) is 1. The van der Waals surface area contributed by atoms with Gasteiger partial charge in [-0.3, -0.25) is 9.69 Å². The Labute approximate surface area is 155 Å². The smallest absolute Gasteiger partial charge is 0.238 e. The Hall–Kier alpha value is -2.37. The zero-order chi connectivity index (χ0) is 17.5. The van der Waals surface area contributed by atoms with Gasteiger partial charge in [0.25, 0.3) is 0 Å². The molecule has 0 saturated carbocycles. The normalized spacial score (nSPS) is 10.8. The van der Waals surface area contributed by atoms with Crippen LogP contribution in [0.5, 0.6) is 0 Å². The molecule has 128 valence electrons. The first kappa shape index (κ1) is 17.5. The molecule has 0 aliphatic rings.